The number of fused-ring (bicyclic) bond motifs is 5. The molecule has 1 fully saturated rings. The van der Waals surface area contributed by atoms with E-state index in [4.69, 9.17) is 13.7 Å². The summed E-state index contributed by atoms with van der Waals surface area (Å²) < 4.78 is 19.6. The molecule has 0 unspecified atom stereocenters. The highest BCUT2D eigenvalue weighted by molar-refractivity contribution is 6.65. The minimum atomic E-state index is -0.547. The van der Waals surface area contributed by atoms with Gasteiger partial charge >= 0.3 is 7.12 Å². The maximum absolute atomic E-state index is 6.57. The summed E-state index contributed by atoms with van der Waals surface area (Å²) in [6, 6.07) is 30.1. The summed E-state index contributed by atoms with van der Waals surface area (Å²) in [6.07, 6.45) is 0. The predicted molar refractivity (Wildman–Crippen MR) is 156 cm³/mol. The van der Waals surface area contributed by atoms with Gasteiger partial charge in [0.15, 0.2) is 0 Å². The van der Waals surface area contributed by atoms with E-state index in [2.05, 4.69) is 119 Å². The van der Waals surface area contributed by atoms with Gasteiger partial charge in [-0.15, -0.1) is 0 Å². The van der Waals surface area contributed by atoms with Crippen LogP contribution in [-0.4, -0.2) is 18.3 Å². The number of anilines is 3. The van der Waals surface area contributed by atoms with Crippen LogP contribution in [0.3, 0.4) is 0 Å². The van der Waals surface area contributed by atoms with Crippen LogP contribution in [0.5, 0.6) is 0 Å². The van der Waals surface area contributed by atoms with Crippen LogP contribution in [0.25, 0.3) is 21.9 Å². The molecule has 0 aliphatic carbocycles. The average Bonchev–Trinajstić information content (AvgIpc) is 3.37. The first-order valence-corrected chi connectivity index (χ1v) is 13.4. The Hall–Kier alpha value is -3.54. The van der Waals surface area contributed by atoms with Crippen LogP contribution in [0.4, 0.5) is 17.1 Å². The van der Waals surface area contributed by atoms with E-state index < -0.39 is 18.3 Å². The molecule has 0 bridgehead atoms. The Morgan fingerprint density at radius 1 is 0.632 bits per heavy atom. The molecule has 0 spiro atoms. The Morgan fingerprint density at radius 2 is 1.18 bits per heavy atom. The van der Waals surface area contributed by atoms with Crippen molar-refractivity contribution in [3.63, 3.8) is 0 Å². The fourth-order valence-corrected chi connectivity index (χ4v) is 6.06. The van der Waals surface area contributed by atoms with Gasteiger partial charge in [-0.1, -0.05) is 68.4 Å². The molecule has 7 rings (SSSR count). The molecule has 4 nitrogen and oxygen atoms in total. The summed E-state index contributed by atoms with van der Waals surface area (Å²) in [4.78, 5) is 2.38. The quantitative estimate of drug-likeness (QED) is 0.230. The van der Waals surface area contributed by atoms with E-state index in [1.165, 1.54) is 22.5 Å². The number of rotatable bonds is 2. The highest BCUT2D eigenvalue weighted by Crippen LogP contribution is 2.52. The SMILES string of the molecule is CC1(C)c2ccccc2N(c2cc(B3OC(C)(C)C(C)(C)O3)c3oc4ccccc4c3c2)c2ccccc21. The van der Waals surface area contributed by atoms with Crippen molar-refractivity contribution in [3.8, 4) is 0 Å². The zero-order valence-electron chi connectivity index (χ0n) is 22.8. The van der Waals surface area contributed by atoms with E-state index in [1.54, 1.807) is 0 Å². The molecule has 0 radical (unpaired) electrons. The van der Waals surface area contributed by atoms with Gasteiger partial charge < -0.3 is 18.6 Å². The summed E-state index contributed by atoms with van der Waals surface area (Å²) in [5.74, 6) is 0. The molecule has 3 heterocycles. The first kappa shape index (κ1) is 23.6. The van der Waals surface area contributed by atoms with E-state index in [-0.39, 0.29) is 5.41 Å². The average molecular weight is 501 g/mol. The number of hydrogen-bond donors (Lipinski definition) is 0. The van der Waals surface area contributed by atoms with Gasteiger partial charge in [0.25, 0.3) is 0 Å². The topological polar surface area (TPSA) is 34.8 Å². The van der Waals surface area contributed by atoms with Crippen LogP contribution in [0.1, 0.15) is 52.7 Å². The van der Waals surface area contributed by atoms with E-state index in [0.717, 1.165) is 33.1 Å². The molecule has 1 saturated heterocycles. The van der Waals surface area contributed by atoms with Gasteiger partial charge in [0.2, 0.25) is 0 Å². The zero-order valence-corrected chi connectivity index (χ0v) is 22.8. The van der Waals surface area contributed by atoms with Crippen LogP contribution in [0.15, 0.2) is 89.3 Å². The van der Waals surface area contributed by atoms with Crippen molar-refractivity contribution in [2.24, 2.45) is 0 Å². The summed E-state index contributed by atoms with van der Waals surface area (Å²) >= 11 is 0. The highest BCUT2D eigenvalue weighted by Gasteiger charge is 2.52. The molecule has 5 heteroatoms. The van der Waals surface area contributed by atoms with Crippen molar-refractivity contribution in [3.05, 3.63) is 96.1 Å². The molecule has 2 aliphatic heterocycles. The maximum Gasteiger partial charge on any atom is 0.498 e. The van der Waals surface area contributed by atoms with Crippen LogP contribution in [-0.2, 0) is 14.7 Å². The van der Waals surface area contributed by atoms with Gasteiger partial charge in [-0.2, -0.15) is 0 Å². The summed E-state index contributed by atoms with van der Waals surface area (Å²) in [7, 11) is -0.547. The smallest absolute Gasteiger partial charge is 0.456 e. The summed E-state index contributed by atoms with van der Waals surface area (Å²) in [5.41, 5.74) is 7.57. The maximum atomic E-state index is 6.57. The van der Waals surface area contributed by atoms with Gasteiger partial charge in [0, 0.05) is 27.3 Å². The monoisotopic (exact) mass is 501 g/mol. The highest BCUT2D eigenvalue weighted by atomic mass is 16.7. The number of hydrogen-bond acceptors (Lipinski definition) is 4. The van der Waals surface area contributed by atoms with Gasteiger partial charge in [-0.3, -0.25) is 0 Å². The normalized spacial score (nSPS) is 19.1. The lowest BCUT2D eigenvalue weighted by atomic mass is 9.73. The van der Waals surface area contributed by atoms with Gasteiger partial charge in [-0.05, 0) is 69.2 Å². The Kier molecular flexibility index (Phi) is 4.81. The van der Waals surface area contributed by atoms with Crippen molar-refractivity contribution in [2.75, 3.05) is 4.90 Å². The molecule has 2 aliphatic rings. The third-order valence-corrected chi connectivity index (χ3v) is 8.89. The van der Waals surface area contributed by atoms with Crippen molar-refractivity contribution in [2.45, 2.75) is 58.2 Å². The molecule has 38 heavy (non-hydrogen) atoms. The van der Waals surface area contributed by atoms with Gasteiger partial charge in [-0.25, -0.2) is 0 Å². The van der Waals surface area contributed by atoms with Crippen molar-refractivity contribution >= 4 is 51.6 Å². The third-order valence-electron chi connectivity index (χ3n) is 8.89. The molecular formula is C33H32BNO3. The lowest BCUT2D eigenvalue weighted by Gasteiger charge is -2.42. The first-order valence-electron chi connectivity index (χ1n) is 13.4. The van der Waals surface area contributed by atoms with E-state index in [9.17, 15) is 0 Å². The second-order valence-corrected chi connectivity index (χ2v) is 12.1. The number of benzene rings is 4. The summed E-state index contributed by atoms with van der Waals surface area (Å²) in [6.45, 7) is 13.0. The lowest BCUT2D eigenvalue weighted by Crippen LogP contribution is -2.41. The van der Waals surface area contributed by atoms with E-state index >= 15 is 0 Å². The van der Waals surface area contributed by atoms with Gasteiger partial charge in [0.1, 0.15) is 11.2 Å². The van der Waals surface area contributed by atoms with Crippen LogP contribution in [0.2, 0.25) is 0 Å². The fourth-order valence-electron chi connectivity index (χ4n) is 6.06. The third kappa shape index (κ3) is 3.18. The standard InChI is InChI=1S/C33H32BNO3/c1-31(2)24-14-8-10-16-27(24)35(28-17-11-9-15-25(28)31)21-19-23-22-13-7-12-18-29(22)36-30(23)26(20-21)34-37-32(3,4)33(5,6)38-34/h7-20H,1-6H3. The molecule has 1 aromatic heterocycles. The Labute approximate surface area is 224 Å². The molecule has 0 saturated carbocycles. The minimum Gasteiger partial charge on any atom is -0.456 e. The van der Waals surface area contributed by atoms with Crippen LogP contribution < -0.4 is 10.4 Å². The van der Waals surface area contributed by atoms with Crippen LogP contribution in [0, 0.1) is 0 Å². The molecule has 190 valence electrons. The Balaban J connectivity index is 1.53. The molecule has 0 N–H and O–H groups in total. The molecular weight excluding hydrogens is 469 g/mol. The molecule has 4 aromatic carbocycles. The zero-order chi connectivity index (χ0) is 26.4. The van der Waals surface area contributed by atoms with E-state index in [0.29, 0.717) is 0 Å². The Bertz CT molecular complexity index is 1670. The van der Waals surface area contributed by atoms with E-state index in [1.807, 2.05) is 12.1 Å². The molecule has 0 atom stereocenters. The number of furan rings is 1. The van der Waals surface area contributed by atoms with Crippen LogP contribution >= 0.6 is 0 Å². The number of nitrogens with zero attached hydrogens (tertiary/aromatic N) is 1. The second kappa shape index (κ2) is 7.75. The van der Waals surface area contributed by atoms with Crippen molar-refractivity contribution in [1.82, 2.24) is 0 Å². The largest absolute Gasteiger partial charge is 0.498 e. The second-order valence-electron chi connectivity index (χ2n) is 12.1. The minimum absolute atomic E-state index is 0.120. The summed E-state index contributed by atoms with van der Waals surface area (Å²) in [5, 5.41) is 2.14. The van der Waals surface area contributed by atoms with Gasteiger partial charge in [0.05, 0.1) is 22.6 Å². The predicted octanol–water partition coefficient (Wildman–Crippen LogP) is 7.99. The number of para-hydroxylation sites is 3. The fraction of sp³-hybridized carbons (Fsp3) is 0.273. The van der Waals surface area contributed by atoms with Crippen molar-refractivity contribution in [1.29, 1.82) is 0 Å². The Morgan fingerprint density at radius 3 is 1.82 bits per heavy atom. The lowest BCUT2D eigenvalue weighted by molar-refractivity contribution is 0.00578. The first-order chi connectivity index (χ1) is 18.1. The van der Waals surface area contributed by atoms with Crippen molar-refractivity contribution < 1.29 is 13.7 Å². The molecule has 5 aromatic rings. The molecule has 0 amide bonds.